The minimum Gasteiger partial charge on any atom is -0.338 e. The molecule has 144 valence electrons. The van der Waals surface area contributed by atoms with Crippen molar-refractivity contribution in [3.05, 3.63) is 65.0 Å². The van der Waals surface area contributed by atoms with Crippen LogP contribution in [0.3, 0.4) is 0 Å². The lowest BCUT2D eigenvalue weighted by atomic mass is 9.97. The van der Waals surface area contributed by atoms with Gasteiger partial charge in [-0.1, -0.05) is 39.3 Å². The smallest absolute Gasteiger partial charge is 0.241 e. The second kappa shape index (κ2) is 8.67. The number of carbonyl (C=O) groups excluding carboxylic acids is 1. The van der Waals surface area contributed by atoms with Crippen LogP contribution in [0.15, 0.2) is 63.6 Å². The topological polar surface area (TPSA) is 71.3 Å². The quantitative estimate of drug-likeness (QED) is 0.638. The van der Waals surface area contributed by atoms with Gasteiger partial charge in [-0.3, -0.25) is 9.69 Å². The number of rotatable bonds is 5. The highest BCUT2D eigenvalue weighted by molar-refractivity contribution is 9.10. The van der Waals surface area contributed by atoms with E-state index in [4.69, 9.17) is 4.52 Å². The van der Waals surface area contributed by atoms with E-state index in [1.165, 1.54) is 0 Å². The fourth-order valence-corrected chi connectivity index (χ4v) is 3.67. The molecule has 1 aromatic heterocycles. The van der Waals surface area contributed by atoms with Crippen molar-refractivity contribution < 1.29 is 9.32 Å². The maximum atomic E-state index is 12.6. The van der Waals surface area contributed by atoms with Crippen LogP contribution in [-0.2, 0) is 11.3 Å². The summed E-state index contributed by atoms with van der Waals surface area (Å²) < 4.78 is 6.44. The molecular formula is C21H21BrN4O2. The second-order valence-corrected chi connectivity index (χ2v) is 7.86. The summed E-state index contributed by atoms with van der Waals surface area (Å²) in [6.07, 6.45) is 1.86. The van der Waals surface area contributed by atoms with Gasteiger partial charge >= 0.3 is 0 Å². The number of anilines is 1. The lowest BCUT2D eigenvalue weighted by Gasteiger charge is -2.30. The number of piperidine rings is 1. The SMILES string of the molecule is O=C(Nc1ccccc1)C1CCCN(Cc2nc(-c3ccc(Br)cc3)no2)C1. The third-order valence-electron chi connectivity index (χ3n) is 4.85. The molecular weight excluding hydrogens is 420 g/mol. The van der Waals surface area contributed by atoms with Crippen molar-refractivity contribution >= 4 is 27.5 Å². The van der Waals surface area contributed by atoms with Gasteiger partial charge in [-0.05, 0) is 55.8 Å². The standard InChI is InChI=1S/C21H21BrN4O2/c22-17-10-8-15(9-11-17)20-24-19(28-25-20)14-26-12-4-5-16(13-26)21(27)23-18-6-2-1-3-7-18/h1-3,6-11,16H,4-5,12-14H2,(H,23,27). The van der Waals surface area contributed by atoms with Gasteiger partial charge in [0, 0.05) is 22.3 Å². The van der Waals surface area contributed by atoms with E-state index in [1.54, 1.807) is 0 Å². The zero-order valence-corrected chi connectivity index (χ0v) is 16.9. The summed E-state index contributed by atoms with van der Waals surface area (Å²) in [5.41, 5.74) is 1.75. The zero-order valence-electron chi connectivity index (χ0n) is 15.3. The predicted octanol–water partition coefficient (Wildman–Crippen LogP) is 4.35. The first-order chi connectivity index (χ1) is 13.7. The van der Waals surface area contributed by atoms with Gasteiger partial charge in [0.1, 0.15) is 0 Å². The van der Waals surface area contributed by atoms with Crippen LogP contribution in [0.5, 0.6) is 0 Å². The molecule has 0 bridgehead atoms. The van der Waals surface area contributed by atoms with Crippen LogP contribution >= 0.6 is 15.9 Å². The fourth-order valence-electron chi connectivity index (χ4n) is 3.41. The number of amides is 1. The number of nitrogens with zero attached hydrogens (tertiary/aromatic N) is 3. The van der Waals surface area contributed by atoms with Crippen LogP contribution in [0.4, 0.5) is 5.69 Å². The Morgan fingerprint density at radius 1 is 1.18 bits per heavy atom. The van der Waals surface area contributed by atoms with Crippen LogP contribution in [0.25, 0.3) is 11.4 Å². The van der Waals surface area contributed by atoms with Gasteiger partial charge in [0.2, 0.25) is 17.6 Å². The van der Waals surface area contributed by atoms with Gasteiger partial charge in [-0.15, -0.1) is 0 Å². The van der Waals surface area contributed by atoms with Crippen molar-refractivity contribution in [3.63, 3.8) is 0 Å². The fraction of sp³-hybridized carbons (Fsp3) is 0.286. The number of halogens is 1. The lowest BCUT2D eigenvalue weighted by molar-refractivity contribution is -0.121. The summed E-state index contributed by atoms with van der Waals surface area (Å²) in [5, 5.41) is 7.09. The van der Waals surface area contributed by atoms with E-state index in [0.717, 1.165) is 35.1 Å². The van der Waals surface area contributed by atoms with Crippen LogP contribution in [0, 0.1) is 5.92 Å². The average molecular weight is 441 g/mol. The van der Waals surface area contributed by atoms with Gasteiger partial charge in [0.05, 0.1) is 12.5 Å². The molecule has 4 rings (SSSR count). The Labute approximate surface area is 172 Å². The largest absolute Gasteiger partial charge is 0.338 e. The Morgan fingerprint density at radius 3 is 2.75 bits per heavy atom. The number of benzene rings is 2. The Kier molecular flexibility index (Phi) is 5.83. The monoisotopic (exact) mass is 440 g/mol. The normalized spacial score (nSPS) is 17.4. The highest BCUT2D eigenvalue weighted by atomic mass is 79.9. The minimum atomic E-state index is -0.0391. The molecule has 1 aliphatic rings. The molecule has 28 heavy (non-hydrogen) atoms. The number of aromatic nitrogens is 2. The molecule has 7 heteroatoms. The molecule has 1 unspecified atom stereocenters. The van der Waals surface area contributed by atoms with Gasteiger partial charge in [0.25, 0.3) is 0 Å². The zero-order chi connectivity index (χ0) is 19.3. The van der Waals surface area contributed by atoms with E-state index >= 15 is 0 Å². The Morgan fingerprint density at radius 2 is 1.96 bits per heavy atom. The Hall–Kier alpha value is -2.51. The summed E-state index contributed by atoms with van der Waals surface area (Å²) in [7, 11) is 0. The first kappa shape index (κ1) is 18.8. The maximum Gasteiger partial charge on any atom is 0.241 e. The summed E-state index contributed by atoms with van der Waals surface area (Å²) in [5.74, 6) is 1.18. The Bertz CT molecular complexity index is 927. The van der Waals surface area contributed by atoms with Crippen LogP contribution in [-0.4, -0.2) is 34.0 Å². The van der Waals surface area contributed by atoms with Gasteiger partial charge < -0.3 is 9.84 Å². The molecule has 1 N–H and O–H groups in total. The van der Waals surface area contributed by atoms with Crippen LogP contribution in [0.1, 0.15) is 18.7 Å². The number of carbonyl (C=O) groups is 1. The van der Waals surface area contributed by atoms with Crippen molar-refractivity contribution in [1.29, 1.82) is 0 Å². The number of para-hydroxylation sites is 1. The minimum absolute atomic E-state index is 0.0391. The van der Waals surface area contributed by atoms with Crippen molar-refractivity contribution in [2.24, 2.45) is 5.92 Å². The van der Waals surface area contributed by atoms with Crippen molar-refractivity contribution in [2.45, 2.75) is 19.4 Å². The van der Waals surface area contributed by atoms with Gasteiger partial charge in [-0.2, -0.15) is 4.98 Å². The van der Waals surface area contributed by atoms with E-state index in [9.17, 15) is 4.79 Å². The molecule has 3 aromatic rings. The number of nitrogens with one attached hydrogen (secondary N) is 1. The summed E-state index contributed by atoms with van der Waals surface area (Å²) in [6, 6.07) is 17.4. The number of hydrogen-bond donors (Lipinski definition) is 1. The first-order valence-corrected chi connectivity index (χ1v) is 10.1. The maximum absolute atomic E-state index is 12.6. The van der Waals surface area contributed by atoms with Gasteiger partial charge in [-0.25, -0.2) is 0 Å². The molecule has 1 atom stereocenters. The Balaban J connectivity index is 1.36. The molecule has 0 saturated carbocycles. The van der Waals surface area contributed by atoms with E-state index in [2.05, 4.69) is 36.3 Å². The summed E-state index contributed by atoms with van der Waals surface area (Å²) in [6.45, 7) is 2.17. The molecule has 1 amide bonds. The van der Waals surface area contributed by atoms with Crippen molar-refractivity contribution in [3.8, 4) is 11.4 Å². The van der Waals surface area contributed by atoms with Crippen molar-refractivity contribution in [2.75, 3.05) is 18.4 Å². The molecule has 2 heterocycles. The van der Waals surface area contributed by atoms with E-state index in [1.807, 2.05) is 54.6 Å². The number of likely N-dealkylation sites (tertiary alicyclic amines) is 1. The molecule has 1 fully saturated rings. The first-order valence-electron chi connectivity index (χ1n) is 9.34. The van der Waals surface area contributed by atoms with Crippen LogP contribution < -0.4 is 5.32 Å². The van der Waals surface area contributed by atoms with Crippen molar-refractivity contribution in [1.82, 2.24) is 15.0 Å². The third-order valence-corrected chi connectivity index (χ3v) is 5.38. The highest BCUT2D eigenvalue weighted by Gasteiger charge is 2.27. The molecule has 1 aliphatic heterocycles. The lowest BCUT2D eigenvalue weighted by Crippen LogP contribution is -2.40. The molecule has 0 spiro atoms. The summed E-state index contributed by atoms with van der Waals surface area (Å²) >= 11 is 3.42. The third kappa shape index (κ3) is 4.66. The molecule has 1 saturated heterocycles. The molecule has 0 aliphatic carbocycles. The van der Waals surface area contributed by atoms with Gasteiger partial charge in [0.15, 0.2) is 0 Å². The molecule has 6 nitrogen and oxygen atoms in total. The second-order valence-electron chi connectivity index (χ2n) is 6.95. The van der Waals surface area contributed by atoms with E-state index in [0.29, 0.717) is 24.8 Å². The molecule has 2 aromatic carbocycles. The number of hydrogen-bond acceptors (Lipinski definition) is 5. The predicted molar refractivity (Wildman–Crippen MR) is 111 cm³/mol. The average Bonchev–Trinajstić information content (AvgIpc) is 3.18. The van der Waals surface area contributed by atoms with E-state index in [-0.39, 0.29) is 11.8 Å². The molecule has 0 radical (unpaired) electrons. The van der Waals surface area contributed by atoms with Crippen LogP contribution in [0.2, 0.25) is 0 Å². The van der Waals surface area contributed by atoms with E-state index < -0.39 is 0 Å². The highest BCUT2D eigenvalue weighted by Crippen LogP contribution is 2.22. The summed E-state index contributed by atoms with van der Waals surface area (Å²) in [4.78, 5) is 19.3.